The van der Waals surface area contributed by atoms with Crippen molar-refractivity contribution in [3.63, 3.8) is 0 Å². The van der Waals surface area contributed by atoms with Crippen LogP contribution < -0.4 is 9.47 Å². The van der Waals surface area contributed by atoms with Gasteiger partial charge in [-0.3, -0.25) is 4.79 Å². The molecule has 2 saturated carbocycles. The van der Waals surface area contributed by atoms with E-state index in [2.05, 4.69) is 0 Å². The SMILES string of the molecule is COc1ccc([C@@H]2CN(C(=O)C3(O)CC3)C[C@@]2(C)[C@@H](C)O)cc1OC1CCCC1. The van der Waals surface area contributed by atoms with Crippen LogP contribution in [0.1, 0.15) is 63.9 Å². The fourth-order valence-electron chi connectivity index (χ4n) is 4.89. The number of nitrogens with zero attached hydrogens (tertiary/aromatic N) is 1. The molecule has 2 aliphatic carbocycles. The van der Waals surface area contributed by atoms with Gasteiger partial charge in [-0.15, -0.1) is 0 Å². The van der Waals surface area contributed by atoms with Crippen LogP contribution in [0.15, 0.2) is 18.2 Å². The maximum atomic E-state index is 12.8. The molecule has 3 fully saturated rings. The van der Waals surface area contributed by atoms with Crippen molar-refractivity contribution in [3.05, 3.63) is 23.8 Å². The quantitative estimate of drug-likeness (QED) is 0.764. The number of ether oxygens (including phenoxy) is 2. The molecule has 1 saturated heterocycles. The Morgan fingerprint density at radius 2 is 1.93 bits per heavy atom. The number of methoxy groups -OCH3 is 1. The van der Waals surface area contributed by atoms with Crippen LogP contribution in [0.3, 0.4) is 0 Å². The minimum absolute atomic E-state index is 0.0503. The fraction of sp³-hybridized carbons (Fsp3) is 0.696. The van der Waals surface area contributed by atoms with Gasteiger partial charge in [0.05, 0.1) is 19.3 Å². The molecule has 0 unspecified atom stereocenters. The largest absolute Gasteiger partial charge is 0.493 e. The van der Waals surface area contributed by atoms with Gasteiger partial charge in [-0.2, -0.15) is 0 Å². The smallest absolute Gasteiger partial charge is 0.254 e. The van der Waals surface area contributed by atoms with Crippen LogP contribution in [0.2, 0.25) is 0 Å². The number of amides is 1. The molecule has 6 heteroatoms. The molecular formula is C23H33NO5. The molecule has 1 heterocycles. The molecule has 3 aliphatic rings. The maximum Gasteiger partial charge on any atom is 0.254 e. The van der Waals surface area contributed by atoms with Gasteiger partial charge in [0.2, 0.25) is 0 Å². The van der Waals surface area contributed by atoms with Crippen LogP contribution >= 0.6 is 0 Å². The molecule has 1 aromatic rings. The van der Waals surface area contributed by atoms with Gasteiger partial charge < -0.3 is 24.6 Å². The first kappa shape index (κ1) is 20.5. The van der Waals surface area contributed by atoms with E-state index >= 15 is 0 Å². The molecule has 2 N–H and O–H groups in total. The number of hydrogen-bond donors (Lipinski definition) is 2. The summed E-state index contributed by atoms with van der Waals surface area (Å²) in [6.45, 7) is 4.72. The molecule has 1 aromatic carbocycles. The lowest BCUT2D eigenvalue weighted by Crippen LogP contribution is -2.42. The van der Waals surface area contributed by atoms with Crippen molar-refractivity contribution >= 4 is 5.91 Å². The highest BCUT2D eigenvalue weighted by atomic mass is 16.5. The molecule has 0 spiro atoms. The van der Waals surface area contributed by atoms with Crippen molar-refractivity contribution in [2.45, 2.75) is 76.1 Å². The molecule has 6 nitrogen and oxygen atoms in total. The highest BCUT2D eigenvalue weighted by Gasteiger charge is 2.55. The monoisotopic (exact) mass is 403 g/mol. The van der Waals surface area contributed by atoms with Crippen LogP contribution in [0.25, 0.3) is 0 Å². The third-order valence-corrected chi connectivity index (χ3v) is 7.28. The summed E-state index contributed by atoms with van der Waals surface area (Å²) in [5.41, 5.74) is -0.661. The van der Waals surface area contributed by atoms with Crippen molar-refractivity contribution in [2.24, 2.45) is 5.41 Å². The second kappa shape index (κ2) is 7.47. The van der Waals surface area contributed by atoms with E-state index < -0.39 is 17.1 Å². The summed E-state index contributed by atoms with van der Waals surface area (Å²) in [6.07, 6.45) is 5.17. The molecule has 1 aliphatic heterocycles. The lowest BCUT2D eigenvalue weighted by atomic mass is 9.72. The van der Waals surface area contributed by atoms with Crippen LogP contribution in [0, 0.1) is 5.41 Å². The molecule has 0 bridgehead atoms. The average molecular weight is 404 g/mol. The number of carbonyl (C=O) groups is 1. The van der Waals surface area contributed by atoms with Gasteiger partial charge in [-0.05, 0) is 63.1 Å². The summed E-state index contributed by atoms with van der Waals surface area (Å²) in [7, 11) is 1.64. The van der Waals surface area contributed by atoms with Gasteiger partial charge in [-0.1, -0.05) is 13.0 Å². The van der Waals surface area contributed by atoms with Gasteiger partial charge in [-0.25, -0.2) is 0 Å². The number of benzene rings is 1. The molecule has 160 valence electrons. The van der Waals surface area contributed by atoms with Crippen molar-refractivity contribution in [3.8, 4) is 11.5 Å². The molecular weight excluding hydrogens is 370 g/mol. The number of likely N-dealkylation sites (tertiary alicyclic amines) is 1. The van der Waals surface area contributed by atoms with E-state index in [-0.39, 0.29) is 17.9 Å². The van der Waals surface area contributed by atoms with E-state index in [1.807, 2.05) is 25.1 Å². The van der Waals surface area contributed by atoms with Crippen LogP contribution in [-0.2, 0) is 4.79 Å². The van der Waals surface area contributed by atoms with Gasteiger partial charge in [0.25, 0.3) is 5.91 Å². The van der Waals surface area contributed by atoms with Crippen molar-refractivity contribution in [2.75, 3.05) is 20.2 Å². The first-order valence-corrected chi connectivity index (χ1v) is 10.8. The number of carbonyl (C=O) groups excluding carboxylic acids is 1. The average Bonchev–Trinajstić information content (AvgIpc) is 3.09. The van der Waals surface area contributed by atoms with Crippen LogP contribution in [0.4, 0.5) is 0 Å². The van der Waals surface area contributed by atoms with E-state index in [1.54, 1.807) is 18.9 Å². The summed E-state index contributed by atoms with van der Waals surface area (Å²) in [5, 5.41) is 20.9. The van der Waals surface area contributed by atoms with E-state index in [0.717, 1.165) is 24.2 Å². The lowest BCUT2D eigenvalue weighted by molar-refractivity contribution is -0.142. The van der Waals surface area contributed by atoms with E-state index in [9.17, 15) is 15.0 Å². The van der Waals surface area contributed by atoms with E-state index in [0.29, 0.717) is 31.7 Å². The Labute approximate surface area is 172 Å². The summed E-state index contributed by atoms with van der Waals surface area (Å²) in [5.74, 6) is 1.18. The van der Waals surface area contributed by atoms with Gasteiger partial charge >= 0.3 is 0 Å². The number of aliphatic hydroxyl groups excluding tert-OH is 1. The van der Waals surface area contributed by atoms with Crippen LogP contribution in [-0.4, -0.2) is 59.0 Å². The molecule has 3 atom stereocenters. The predicted molar refractivity (Wildman–Crippen MR) is 109 cm³/mol. The summed E-state index contributed by atoms with van der Waals surface area (Å²) in [6, 6.07) is 5.94. The maximum absolute atomic E-state index is 12.8. The molecule has 0 aromatic heterocycles. The topological polar surface area (TPSA) is 79.2 Å². The van der Waals surface area contributed by atoms with Gasteiger partial charge in [0.1, 0.15) is 5.60 Å². The van der Waals surface area contributed by atoms with Gasteiger partial charge in [0, 0.05) is 24.4 Å². The van der Waals surface area contributed by atoms with Crippen molar-refractivity contribution in [1.82, 2.24) is 4.90 Å². The normalized spacial score (nSPS) is 29.7. The number of rotatable bonds is 6. The molecule has 1 amide bonds. The Kier molecular flexibility index (Phi) is 5.28. The second-order valence-corrected chi connectivity index (χ2v) is 9.39. The zero-order valence-corrected chi connectivity index (χ0v) is 17.7. The minimum Gasteiger partial charge on any atom is -0.493 e. The third-order valence-electron chi connectivity index (χ3n) is 7.28. The van der Waals surface area contributed by atoms with Crippen LogP contribution in [0.5, 0.6) is 11.5 Å². The third kappa shape index (κ3) is 3.73. The van der Waals surface area contributed by atoms with Crippen molar-refractivity contribution in [1.29, 1.82) is 0 Å². The van der Waals surface area contributed by atoms with Crippen molar-refractivity contribution < 1.29 is 24.5 Å². The first-order valence-electron chi connectivity index (χ1n) is 10.8. The summed E-state index contributed by atoms with van der Waals surface area (Å²) in [4.78, 5) is 14.5. The number of hydrogen-bond acceptors (Lipinski definition) is 5. The van der Waals surface area contributed by atoms with Gasteiger partial charge in [0.15, 0.2) is 11.5 Å². The minimum atomic E-state index is -1.19. The first-order chi connectivity index (χ1) is 13.8. The Morgan fingerprint density at radius 1 is 1.24 bits per heavy atom. The Morgan fingerprint density at radius 3 is 2.52 bits per heavy atom. The fourth-order valence-corrected chi connectivity index (χ4v) is 4.89. The Hall–Kier alpha value is -1.79. The van der Waals surface area contributed by atoms with E-state index in [4.69, 9.17) is 9.47 Å². The highest BCUT2D eigenvalue weighted by molar-refractivity contribution is 5.88. The molecule has 4 rings (SSSR count). The highest BCUT2D eigenvalue weighted by Crippen LogP contribution is 2.49. The Balaban J connectivity index is 1.63. The molecule has 0 radical (unpaired) electrons. The Bertz CT molecular complexity index is 769. The second-order valence-electron chi connectivity index (χ2n) is 9.39. The van der Waals surface area contributed by atoms with E-state index in [1.165, 1.54) is 12.8 Å². The summed E-state index contributed by atoms with van der Waals surface area (Å²) >= 11 is 0. The summed E-state index contributed by atoms with van der Waals surface area (Å²) < 4.78 is 11.8. The zero-order chi connectivity index (χ0) is 20.8. The standard InChI is InChI=1S/C23H33NO5/c1-15(25)22(2)14-24(21(26)23(27)10-11-23)13-18(22)16-8-9-19(28-3)20(12-16)29-17-6-4-5-7-17/h8-9,12,15,17-18,25,27H,4-7,10-11,13-14H2,1-3H3/t15-,18+,22+/m1/s1. The molecule has 29 heavy (non-hydrogen) atoms. The lowest BCUT2D eigenvalue weighted by Gasteiger charge is -2.34. The predicted octanol–water partition coefficient (Wildman–Crippen LogP) is 2.85. The zero-order valence-electron chi connectivity index (χ0n) is 17.7. The number of aliphatic hydroxyl groups is 2.